The zero-order chi connectivity index (χ0) is 15.4. The molecule has 6 heteroatoms. The summed E-state index contributed by atoms with van der Waals surface area (Å²) in [5.41, 5.74) is 5.80. The summed E-state index contributed by atoms with van der Waals surface area (Å²) in [4.78, 5) is 18.6. The number of piperidine rings is 1. The first kappa shape index (κ1) is 15.9. The zero-order valence-electron chi connectivity index (χ0n) is 13.2. The summed E-state index contributed by atoms with van der Waals surface area (Å²) in [5, 5.41) is 3.92. The van der Waals surface area contributed by atoms with Crippen LogP contribution in [0.1, 0.15) is 57.7 Å². The van der Waals surface area contributed by atoms with E-state index in [1.165, 1.54) is 0 Å². The Morgan fingerprint density at radius 1 is 1.52 bits per heavy atom. The van der Waals surface area contributed by atoms with Crippen LogP contribution in [-0.4, -0.2) is 40.1 Å². The molecule has 0 aromatic carbocycles. The second kappa shape index (κ2) is 7.02. The maximum atomic E-state index is 12.4. The van der Waals surface area contributed by atoms with Gasteiger partial charge in [-0.3, -0.25) is 4.79 Å². The maximum Gasteiger partial charge on any atom is 0.227 e. The van der Waals surface area contributed by atoms with Crippen LogP contribution >= 0.6 is 0 Å². The van der Waals surface area contributed by atoms with E-state index in [-0.39, 0.29) is 17.9 Å². The number of nitrogens with zero attached hydrogens (tertiary/aromatic N) is 3. The Balaban J connectivity index is 1.88. The highest BCUT2D eigenvalue weighted by atomic mass is 16.5. The lowest BCUT2D eigenvalue weighted by molar-refractivity contribution is -0.135. The number of aromatic nitrogens is 2. The minimum Gasteiger partial charge on any atom is -0.339 e. The number of amides is 1. The highest BCUT2D eigenvalue weighted by Gasteiger charge is 2.28. The maximum absolute atomic E-state index is 12.4. The van der Waals surface area contributed by atoms with Gasteiger partial charge in [-0.05, 0) is 18.8 Å². The largest absolute Gasteiger partial charge is 0.339 e. The summed E-state index contributed by atoms with van der Waals surface area (Å²) in [6, 6.07) is 0.176. The summed E-state index contributed by atoms with van der Waals surface area (Å²) in [6.07, 6.45) is 2.97. The SMILES string of the molecule is CC1CCN(C(=O)CCc2nc(C(C)C)no2)C(CN)C1. The molecule has 2 heterocycles. The van der Waals surface area contributed by atoms with Crippen LogP contribution in [0.3, 0.4) is 0 Å². The summed E-state index contributed by atoms with van der Waals surface area (Å²) in [6.45, 7) is 7.59. The molecule has 1 amide bonds. The van der Waals surface area contributed by atoms with Gasteiger partial charge >= 0.3 is 0 Å². The number of nitrogens with two attached hydrogens (primary N) is 1. The van der Waals surface area contributed by atoms with Crippen LogP contribution in [0.15, 0.2) is 4.52 Å². The lowest BCUT2D eigenvalue weighted by Gasteiger charge is -2.38. The van der Waals surface area contributed by atoms with Crippen molar-refractivity contribution < 1.29 is 9.32 Å². The fraction of sp³-hybridized carbons (Fsp3) is 0.800. The van der Waals surface area contributed by atoms with E-state index >= 15 is 0 Å². The van der Waals surface area contributed by atoms with Crippen LogP contribution in [0.4, 0.5) is 0 Å². The summed E-state index contributed by atoms with van der Waals surface area (Å²) < 4.78 is 5.18. The number of hydrogen-bond donors (Lipinski definition) is 1. The van der Waals surface area contributed by atoms with E-state index in [0.29, 0.717) is 37.0 Å². The van der Waals surface area contributed by atoms with E-state index in [2.05, 4.69) is 17.1 Å². The number of carbonyl (C=O) groups excluding carboxylic acids is 1. The molecule has 1 saturated heterocycles. The van der Waals surface area contributed by atoms with Crippen LogP contribution in [0, 0.1) is 5.92 Å². The predicted octanol–water partition coefficient (Wildman–Crippen LogP) is 1.71. The Morgan fingerprint density at radius 2 is 2.29 bits per heavy atom. The smallest absolute Gasteiger partial charge is 0.227 e. The molecule has 1 aliphatic heterocycles. The molecule has 0 spiro atoms. The van der Waals surface area contributed by atoms with Crippen molar-refractivity contribution in [2.45, 2.75) is 58.4 Å². The lowest BCUT2D eigenvalue weighted by Crippen LogP contribution is -2.49. The molecular formula is C15H26N4O2. The highest BCUT2D eigenvalue weighted by molar-refractivity contribution is 5.76. The van der Waals surface area contributed by atoms with Crippen molar-refractivity contribution in [2.24, 2.45) is 11.7 Å². The molecule has 2 unspecified atom stereocenters. The van der Waals surface area contributed by atoms with E-state index < -0.39 is 0 Å². The Hall–Kier alpha value is -1.43. The van der Waals surface area contributed by atoms with Crippen LogP contribution in [0.25, 0.3) is 0 Å². The number of rotatable bonds is 5. The second-order valence-corrected chi connectivity index (χ2v) is 6.31. The zero-order valence-corrected chi connectivity index (χ0v) is 13.2. The third kappa shape index (κ3) is 4.03. The Morgan fingerprint density at radius 3 is 2.90 bits per heavy atom. The van der Waals surface area contributed by atoms with E-state index in [4.69, 9.17) is 10.3 Å². The highest BCUT2D eigenvalue weighted by Crippen LogP contribution is 2.23. The summed E-state index contributed by atoms with van der Waals surface area (Å²) in [5.74, 6) is 2.27. The van der Waals surface area contributed by atoms with Gasteiger partial charge in [0.15, 0.2) is 5.82 Å². The molecule has 0 aliphatic carbocycles. The average Bonchev–Trinajstić information content (AvgIpc) is 2.93. The van der Waals surface area contributed by atoms with Gasteiger partial charge in [0, 0.05) is 37.9 Å². The van der Waals surface area contributed by atoms with Crippen molar-refractivity contribution >= 4 is 5.91 Å². The van der Waals surface area contributed by atoms with Gasteiger partial charge in [0.25, 0.3) is 0 Å². The van der Waals surface area contributed by atoms with E-state index in [9.17, 15) is 4.79 Å². The molecule has 0 radical (unpaired) electrons. The van der Waals surface area contributed by atoms with Crippen LogP contribution in [-0.2, 0) is 11.2 Å². The van der Waals surface area contributed by atoms with E-state index in [0.717, 1.165) is 19.4 Å². The Labute approximate surface area is 126 Å². The number of aryl methyl sites for hydroxylation is 1. The monoisotopic (exact) mass is 294 g/mol. The van der Waals surface area contributed by atoms with Gasteiger partial charge in [-0.1, -0.05) is 25.9 Å². The third-order valence-corrected chi connectivity index (χ3v) is 4.12. The van der Waals surface area contributed by atoms with Gasteiger partial charge in [-0.2, -0.15) is 4.98 Å². The molecule has 1 aliphatic rings. The average molecular weight is 294 g/mol. The third-order valence-electron chi connectivity index (χ3n) is 4.12. The van der Waals surface area contributed by atoms with Crippen molar-refractivity contribution in [3.63, 3.8) is 0 Å². The van der Waals surface area contributed by atoms with Gasteiger partial charge in [0.05, 0.1) is 0 Å². The van der Waals surface area contributed by atoms with Crippen LogP contribution in [0.5, 0.6) is 0 Å². The minimum atomic E-state index is 0.140. The number of hydrogen-bond acceptors (Lipinski definition) is 5. The van der Waals surface area contributed by atoms with Gasteiger partial charge in [0.2, 0.25) is 11.8 Å². The molecular weight excluding hydrogens is 268 g/mol. The standard InChI is InChI=1S/C15H26N4O2/c1-10(2)15-17-13(21-18-15)4-5-14(20)19-7-6-11(3)8-12(19)9-16/h10-12H,4-9,16H2,1-3H3. The van der Waals surface area contributed by atoms with Crippen molar-refractivity contribution in [3.05, 3.63) is 11.7 Å². The molecule has 0 bridgehead atoms. The molecule has 2 N–H and O–H groups in total. The summed E-state index contributed by atoms with van der Waals surface area (Å²) >= 11 is 0. The Kier molecular flexibility index (Phi) is 5.33. The first-order chi connectivity index (χ1) is 10.0. The number of carbonyl (C=O) groups is 1. The Bertz CT molecular complexity index is 472. The fourth-order valence-corrected chi connectivity index (χ4v) is 2.76. The van der Waals surface area contributed by atoms with Crippen molar-refractivity contribution in [1.82, 2.24) is 15.0 Å². The first-order valence-corrected chi connectivity index (χ1v) is 7.83. The van der Waals surface area contributed by atoms with Gasteiger partial charge in [-0.25, -0.2) is 0 Å². The van der Waals surface area contributed by atoms with Crippen LogP contribution < -0.4 is 5.73 Å². The normalized spacial score (nSPS) is 22.8. The molecule has 1 fully saturated rings. The number of likely N-dealkylation sites (tertiary alicyclic amines) is 1. The van der Waals surface area contributed by atoms with Crippen LogP contribution in [0.2, 0.25) is 0 Å². The molecule has 118 valence electrons. The topological polar surface area (TPSA) is 85.2 Å². The molecule has 21 heavy (non-hydrogen) atoms. The second-order valence-electron chi connectivity index (χ2n) is 6.31. The predicted molar refractivity (Wildman–Crippen MR) is 79.7 cm³/mol. The quantitative estimate of drug-likeness (QED) is 0.893. The van der Waals surface area contributed by atoms with E-state index in [1.54, 1.807) is 0 Å². The molecule has 6 nitrogen and oxygen atoms in total. The van der Waals surface area contributed by atoms with Crippen molar-refractivity contribution in [3.8, 4) is 0 Å². The van der Waals surface area contributed by atoms with Gasteiger partial charge in [-0.15, -0.1) is 0 Å². The van der Waals surface area contributed by atoms with Crippen molar-refractivity contribution in [2.75, 3.05) is 13.1 Å². The fourth-order valence-electron chi connectivity index (χ4n) is 2.76. The molecule has 0 saturated carbocycles. The molecule has 1 aromatic rings. The summed E-state index contributed by atoms with van der Waals surface area (Å²) in [7, 11) is 0. The first-order valence-electron chi connectivity index (χ1n) is 7.83. The molecule has 1 aromatic heterocycles. The van der Waals surface area contributed by atoms with Gasteiger partial charge in [0.1, 0.15) is 0 Å². The van der Waals surface area contributed by atoms with Crippen molar-refractivity contribution in [1.29, 1.82) is 0 Å². The lowest BCUT2D eigenvalue weighted by atomic mass is 9.92. The molecule has 2 rings (SSSR count). The minimum absolute atomic E-state index is 0.140. The molecule has 2 atom stereocenters. The van der Waals surface area contributed by atoms with E-state index in [1.807, 2.05) is 18.7 Å². The van der Waals surface area contributed by atoms with Gasteiger partial charge < -0.3 is 15.2 Å².